The lowest BCUT2D eigenvalue weighted by atomic mass is 10.1. The molecule has 0 unspecified atom stereocenters. The Labute approximate surface area is 413 Å². The van der Waals surface area contributed by atoms with Crippen molar-refractivity contribution in [3.05, 3.63) is 142 Å². The molecule has 0 bridgehead atoms. The molecule has 0 aliphatic heterocycles. The zero-order valence-corrected chi connectivity index (χ0v) is 39.4. The molecule has 0 saturated heterocycles. The maximum absolute atomic E-state index is 13.3. The van der Waals surface area contributed by atoms with Gasteiger partial charge in [-0.2, -0.15) is 113 Å². The third kappa shape index (κ3) is 14.4. The van der Waals surface area contributed by atoms with Crippen molar-refractivity contribution >= 4 is 51.2 Å². The van der Waals surface area contributed by atoms with Crippen LogP contribution in [0.3, 0.4) is 0 Å². The second-order valence-corrected chi connectivity index (χ2v) is 22.8. The molecular weight excluding hydrogens is 1210 g/mol. The van der Waals surface area contributed by atoms with Crippen molar-refractivity contribution in [1.82, 2.24) is 0 Å². The highest BCUT2D eigenvalue weighted by atomic mass is 32.3. The highest BCUT2D eigenvalue weighted by Gasteiger charge is 2.68. The van der Waals surface area contributed by atoms with Crippen molar-refractivity contribution in [2.24, 2.45) is 0 Å². The van der Waals surface area contributed by atoms with Crippen LogP contribution in [0.15, 0.2) is 140 Å². The first-order valence-corrected chi connectivity index (χ1v) is 25.5. The van der Waals surface area contributed by atoms with Gasteiger partial charge in [-0.3, -0.25) is 0 Å². The summed E-state index contributed by atoms with van der Waals surface area (Å²) in [6, 6.07) is 17.4. The molecule has 0 amide bonds. The average molecular weight is 1230 g/mol. The number of sulfonamides is 2. The third-order valence-electron chi connectivity index (χ3n) is 8.71. The van der Waals surface area contributed by atoms with E-state index in [9.17, 15) is 130 Å². The number of halogens is 22. The summed E-state index contributed by atoms with van der Waals surface area (Å²) >= 11 is 0. The predicted octanol–water partition coefficient (Wildman–Crippen LogP) is 12.7. The van der Waals surface area contributed by atoms with Crippen molar-refractivity contribution in [3.8, 4) is 11.5 Å². The lowest BCUT2D eigenvalue weighted by Crippen LogP contribution is -2.48. The molecule has 0 radical (unpaired) electrons. The Balaban J connectivity index is 0.000000501. The van der Waals surface area contributed by atoms with Crippen LogP contribution in [0.25, 0.3) is 4.13 Å². The van der Waals surface area contributed by atoms with Crippen LogP contribution in [0.1, 0.15) is 22.3 Å². The van der Waals surface area contributed by atoms with E-state index in [0.717, 1.165) is 24.3 Å². The topological polar surface area (TPSA) is 169 Å². The van der Waals surface area contributed by atoms with E-state index >= 15 is 0 Å². The van der Waals surface area contributed by atoms with Crippen LogP contribution in [0.2, 0.25) is 0 Å². The van der Waals surface area contributed by atoms with Crippen LogP contribution in [0.5, 0.6) is 11.5 Å². The smallest absolute Gasteiger partial charge is 0.425 e. The second kappa shape index (κ2) is 20.9. The summed E-state index contributed by atoms with van der Waals surface area (Å²) in [5, 5.41) is -14.0. The van der Waals surface area contributed by atoms with Crippen LogP contribution >= 0.6 is 0 Å². The zero-order chi connectivity index (χ0) is 58.5. The Bertz CT molecular complexity index is 3090. The van der Waals surface area contributed by atoms with Crippen LogP contribution in [0, 0.1) is 0 Å². The van der Waals surface area contributed by atoms with E-state index in [1.807, 2.05) is 0 Å². The molecule has 38 heteroatoms. The molecule has 0 fully saturated rings. The molecule has 76 heavy (non-hydrogen) atoms. The summed E-state index contributed by atoms with van der Waals surface area (Å²) in [5.41, 5.74) is -7.53. The molecule has 420 valence electrons. The van der Waals surface area contributed by atoms with E-state index in [2.05, 4.69) is 0 Å². The van der Waals surface area contributed by atoms with Gasteiger partial charge >= 0.3 is 67.8 Å². The van der Waals surface area contributed by atoms with Crippen molar-refractivity contribution in [2.75, 3.05) is 0 Å². The van der Waals surface area contributed by atoms with Crippen molar-refractivity contribution < 1.29 is 139 Å². The van der Waals surface area contributed by atoms with Gasteiger partial charge in [-0.25, -0.2) is 16.8 Å². The van der Waals surface area contributed by atoms with Gasteiger partial charge in [-0.05, 0) is 97.1 Å². The Kier molecular flexibility index (Phi) is 17.3. The molecular formula is C38H19F22NO10S5. The fourth-order valence-electron chi connectivity index (χ4n) is 5.23. The molecule has 0 aromatic heterocycles. The number of nitrogens with zero attached hydrogens (tertiary/aromatic N) is 1. The summed E-state index contributed by atoms with van der Waals surface area (Å²) in [6.45, 7) is 0. The monoisotopic (exact) mass is 1230 g/mol. The minimum atomic E-state index is -7.62. The quantitative estimate of drug-likeness (QED) is 0.0628. The maximum atomic E-state index is 13.3. The van der Waals surface area contributed by atoms with Crippen LogP contribution in [-0.2, 0) is 75.9 Å². The molecule has 5 aromatic carbocycles. The van der Waals surface area contributed by atoms with E-state index < -0.39 is 142 Å². The summed E-state index contributed by atoms with van der Waals surface area (Å²) in [6.07, 6.45) is -35.3. The van der Waals surface area contributed by atoms with E-state index in [4.69, 9.17) is 8.37 Å². The molecule has 11 nitrogen and oxygen atoms in total. The van der Waals surface area contributed by atoms with Gasteiger partial charge in [0.25, 0.3) is 0 Å². The van der Waals surface area contributed by atoms with Gasteiger partial charge in [-0.15, -0.1) is 0 Å². The minimum absolute atomic E-state index is 0.0101. The summed E-state index contributed by atoms with van der Waals surface area (Å²) in [4.78, 5) is -1.39. The maximum Gasteiger partial charge on any atom is 0.467 e. The summed E-state index contributed by atoms with van der Waals surface area (Å²) < 4.78 is 382. The van der Waals surface area contributed by atoms with Crippen molar-refractivity contribution in [2.45, 2.75) is 72.0 Å². The number of benzene rings is 5. The Hall–Kier alpha value is -5.73. The molecule has 0 aliphatic rings. The zero-order valence-electron chi connectivity index (χ0n) is 35.4. The fourth-order valence-corrected chi connectivity index (χ4v) is 11.7. The van der Waals surface area contributed by atoms with Crippen LogP contribution < -0.4 is 8.37 Å². The van der Waals surface area contributed by atoms with Crippen molar-refractivity contribution in [3.63, 3.8) is 0 Å². The van der Waals surface area contributed by atoms with Gasteiger partial charge in [0.2, 0.25) is 0 Å². The fraction of sp³-hybridized carbons (Fsp3) is 0.211. The van der Waals surface area contributed by atoms with Gasteiger partial charge in [0.1, 0.15) is 21.3 Å². The van der Waals surface area contributed by atoms with Gasteiger partial charge in [0.15, 0.2) is 34.7 Å². The minimum Gasteiger partial charge on any atom is -0.425 e. The molecule has 0 heterocycles. The Morgan fingerprint density at radius 2 is 0.592 bits per heavy atom. The van der Waals surface area contributed by atoms with E-state index in [1.165, 1.54) is 24.3 Å². The average Bonchev–Trinajstić information content (AvgIpc) is 3.25. The van der Waals surface area contributed by atoms with Crippen LogP contribution in [0.4, 0.5) is 96.6 Å². The molecule has 0 saturated carbocycles. The van der Waals surface area contributed by atoms with E-state index in [0.29, 0.717) is 18.8 Å². The van der Waals surface area contributed by atoms with Gasteiger partial charge in [0.05, 0.1) is 33.1 Å². The van der Waals surface area contributed by atoms with Crippen molar-refractivity contribution in [1.29, 1.82) is 0 Å². The number of hydrogen-bond donors (Lipinski definition) is 0. The molecule has 0 atom stereocenters. The first-order chi connectivity index (χ1) is 33.9. The molecule has 0 spiro atoms. The van der Waals surface area contributed by atoms with E-state index in [-0.39, 0.29) is 36.4 Å². The molecule has 5 rings (SSSR count). The van der Waals surface area contributed by atoms with Crippen LogP contribution in [-0.4, -0.2) is 56.5 Å². The number of alkyl halides is 22. The highest BCUT2D eigenvalue weighted by molar-refractivity contribution is 8.13. The predicted molar refractivity (Wildman–Crippen MR) is 213 cm³/mol. The third-order valence-corrected chi connectivity index (χ3v) is 16.7. The standard InChI is InChI=1S/C34H19F12O6S3.C4F10NO4S2/c35-31(36,37)20-14-21(32(38,39)40)17-29(16-20)54(47,48)51-24-6-10-27(11-7-24)53(26-4-2-1-3-5-26)28-12-8-25(9-13-28)52-55(49,50)30-18-22(33(41,42)43)15-23(19-30)34(44,45)46;5-1(6,7)3(11,12)20(16,17)15-21(18,19)4(13,14)2(8,9)10/h1-19H;/q+1;-1. The van der Waals surface area contributed by atoms with Gasteiger partial charge in [0, 0.05) is 0 Å². The highest BCUT2D eigenvalue weighted by Crippen LogP contribution is 2.48. The molecule has 0 N–H and O–H groups in total. The second-order valence-electron chi connectivity index (χ2n) is 14.2. The molecule has 5 aromatic rings. The summed E-state index contributed by atoms with van der Waals surface area (Å²) in [7, 11) is -26.8. The largest absolute Gasteiger partial charge is 0.467 e. The first-order valence-electron chi connectivity index (χ1n) is 18.5. The number of hydrogen-bond acceptors (Lipinski definition) is 10. The Morgan fingerprint density at radius 3 is 0.829 bits per heavy atom. The summed E-state index contributed by atoms with van der Waals surface area (Å²) in [5.74, 6) is -0.993. The van der Waals surface area contributed by atoms with Gasteiger partial charge in [-0.1, -0.05) is 18.2 Å². The first kappa shape index (κ1) is 62.8. The van der Waals surface area contributed by atoms with E-state index in [1.54, 1.807) is 30.3 Å². The SMILES string of the molecule is O=S(=O)(Oc1ccc([S+](c2ccccc2)c2ccc(OS(=O)(=O)c3cc(C(F)(F)F)cc(C(F)(F)F)c3)cc2)cc1)c1cc(C(F)(F)F)cc(C(F)(F)F)c1.O=S(=O)([N-]S(=O)(=O)C(F)(F)C(F)(F)F)C(F)(F)C(F)(F)F. The number of rotatable bonds is 13. The van der Waals surface area contributed by atoms with Gasteiger partial charge < -0.3 is 12.5 Å². The lowest BCUT2D eigenvalue weighted by molar-refractivity contribution is -0.241. The Morgan fingerprint density at radius 1 is 0.342 bits per heavy atom. The normalized spacial score (nSPS) is 14.0. The lowest BCUT2D eigenvalue weighted by Gasteiger charge is -2.31. The molecule has 0 aliphatic carbocycles.